The highest BCUT2D eigenvalue weighted by Crippen LogP contribution is 2.40. The number of benzene rings is 3. The Morgan fingerprint density at radius 2 is 1.31 bits per heavy atom. The molecular formula is C29H24N2O10S. The van der Waals surface area contributed by atoms with E-state index in [1.807, 2.05) is 0 Å². The van der Waals surface area contributed by atoms with E-state index < -0.39 is 58.0 Å². The molecule has 0 radical (unpaired) electrons. The van der Waals surface area contributed by atoms with Gasteiger partial charge in [0.2, 0.25) is 0 Å². The van der Waals surface area contributed by atoms with E-state index in [1.54, 1.807) is 54.6 Å². The minimum Gasteiger partial charge on any atom is -0.459 e. The molecule has 5 rings (SSSR count). The lowest BCUT2D eigenvalue weighted by atomic mass is 10.1. The molecule has 0 aliphatic carbocycles. The topological polar surface area (TPSA) is 160 Å². The van der Waals surface area contributed by atoms with Crippen molar-refractivity contribution in [1.29, 1.82) is 0 Å². The number of aromatic nitrogens is 2. The van der Waals surface area contributed by atoms with Crippen LogP contribution in [0.3, 0.4) is 0 Å². The average Bonchev–Trinajstić information content (AvgIpc) is 3.66. The summed E-state index contributed by atoms with van der Waals surface area (Å²) in [5, 5.41) is 12.0. The zero-order valence-corrected chi connectivity index (χ0v) is 22.6. The number of ether oxygens (including phenoxy) is 4. The molecule has 216 valence electrons. The van der Waals surface area contributed by atoms with Gasteiger partial charge >= 0.3 is 17.9 Å². The highest BCUT2D eigenvalue weighted by Gasteiger charge is 2.69. The monoisotopic (exact) mass is 592 g/mol. The first-order valence-corrected chi connectivity index (χ1v) is 14.0. The molecule has 0 bridgehead atoms. The van der Waals surface area contributed by atoms with E-state index in [1.165, 1.54) is 36.4 Å². The van der Waals surface area contributed by atoms with Gasteiger partial charge < -0.3 is 24.1 Å². The molecule has 0 spiro atoms. The summed E-state index contributed by atoms with van der Waals surface area (Å²) in [7, 11) is -4.98. The number of carbonyl (C=O) groups is 3. The number of imidazole rings is 1. The molecule has 0 unspecified atom stereocenters. The van der Waals surface area contributed by atoms with Crippen molar-refractivity contribution >= 4 is 27.9 Å². The maximum Gasteiger partial charge on any atom is 0.340 e. The van der Waals surface area contributed by atoms with Crippen molar-refractivity contribution in [1.82, 2.24) is 8.96 Å². The maximum atomic E-state index is 13.9. The van der Waals surface area contributed by atoms with Gasteiger partial charge in [-0.05, 0) is 36.4 Å². The number of hydrogen-bond donors (Lipinski definition) is 1. The molecule has 13 heteroatoms. The van der Waals surface area contributed by atoms with Gasteiger partial charge in [-0.2, -0.15) is 0 Å². The molecule has 2 heterocycles. The first-order chi connectivity index (χ1) is 20.2. The van der Waals surface area contributed by atoms with Crippen molar-refractivity contribution in [2.45, 2.75) is 23.4 Å². The molecule has 0 saturated carbocycles. The molecule has 1 saturated heterocycles. The molecule has 4 aromatic rings. The second-order valence-corrected chi connectivity index (χ2v) is 11.1. The fraction of sp³-hybridized carbons (Fsp3) is 0.172. The maximum absolute atomic E-state index is 13.9. The van der Waals surface area contributed by atoms with Gasteiger partial charge in [0.05, 0.1) is 16.7 Å². The van der Waals surface area contributed by atoms with E-state index in [-0.39, 0.29) is 16.7 Å². The summed E-state index contributed by atoms with van der Waals surface area (Å²) < 4.78 is 50.3. The standard InChI is InChI=1S/C29H24N2O10S/c32-25(20-10-4-1-5-11-20)38-18-23-24(40-26(33)21-12-6-2-7-13-21)29(35,42(36,37)31-17-16-30-19-31)28(39-23)41-27(34)22-14-8-3-9-15-22/h1-17,19,23-24,28,35H,18H2/t23-,24-,28-,29+/m1/s1. The lowest BCUT2D eigenvalue weighted by molar-refractivity contribution is -0.151. The Labute approximate surface area is 240 Å². The molecule has 1 aliphatic rings. The minimum atomic E-state index is -4.98. The van der Waals surface area contributed by atoms with Crippen LogP contribution < -0.4 is 0 Å². The number of carbonyl (C=O) groups excluding carboxylic acids is 3. The van der Waals surface area contributed by atoms with Crippen molar-refractivity contribution in [2.75, 3.05) is 6.61 Å². The van der Waals surface area contributed by atoms with E-state index in [9.17, 15) is 27.9 Å². The zero-order valence-electron chi connectivity index (χ0n) is 21.8. The van der Waals surface area contributed by atoms with Crippen LogP contribution in [0.15, 0.2) is 110 Å². The summed E-state index contributed by atoms with van der Waals surface area (Å²) in [6.45, 7) is -0.679. The highest BCUT2D eigenvalue weighted by atomic mass is 32.2. The van der Waals surface area contributed by atoms with E-state index in [0.717, 1.165) is 18.7 Å². The fourth-order valence-electron chi connectivity index (χ4n) is 4.27. The number of hydrogen-bond acceptors (Lipinski definition) is 11. The van der Waals surface area contributed by atoms with E-state index >= 15 is 0 Å². The fourth-order valence-corrected chi connectivity index (χ4v) is 5.84. The van der Waals surface area contributed by atoms with Gasteiger partial charge in [0.15, 0.2) is 6.10 Å². The van der Waals surface area contributed by atoms with Gasteiger partial charge in [-0.1, -0.05) is 54.6 Å². The predicted molar refractivity (Wildman–Crippen MR) is 144 cm³/mol. The molecule has 0 amide bonds. The van der Waals surface area contributed by atoms with Crippen LogP contribution in [0.4, 0.5) is 0 Å². The van der Waals surface area contributed by atoms with Gasteiger partial charge in [0.25, 0.3) is 21.2 Å². The Morgan fingerprint density at radius 1 is 0.810 bits per heavy atom. The quantitative estimate of drug-likeness (QED) is 0.225. The van der Waals surface area contributed by atoms with Gasteiger partial charge in [-0.15, -0.1) is 0 Å². The van der Waals surface area contributed by atoms with Crippen molar-refractivity contribution in [2.24, 2.45) is 0 Å². The first-order valence-electron chi connectivity index (χ1n) is 12.6. The Balaban J connectivity index is 1.54. The third-order valence-electron chi connectivity index (χ3n) is 6.41. The van der Waals surface area contributed by atoms with Crippen LogP contribution >= 0.6 is 0 Å². The van der Waals surface area contributed by atoms with E-state index in [4.69, 9.17) is 18.9 Å². The molecule has 1 fully saturated rings. The van der Waals surface area contributed by atoms with Gasteiger partial charge in [-0.3, -0.25) is 0 Å². The lowest BCUT2D eigenvalue weighted by Crippen LogP contribution is -2.59. The van der Waals surface area contributed by atoms with Crippen LogP contribution in [-0.4, -0.2) is 70.4 Å². The van der Waals surface area contributed by atoms with Crippen LogP contribution in [0.25, 0.3) is 0 Å². The van der Waals surface area contributed by atoms with Crippen molar-refractivity contribution in [3.05, 3.63) is 126 Å². The minimum absolute atomic E-state index is 0.0280. The van der Waals surface area contributed by atoms with Crippen molar-refractivity contribution < 1.29 is 46.9 Å². The first kappa shape index (κ1) is 28.7. The van der Waals surface area contributed by atoms with Crippen molar-refractivity contribution in [3.63, 3.8) is 0 Å². The molecule has 42 heavy (non-hydrogen) atoms. The van der Waals surface area contributed by atoms with Crippen LogP contribution in [0.2, 0.25) is 0 Å². The number of esters is 3. The van der Waals surface area contributed by atoms with Gasteiger partial charge in [-0.25, -0.2) is 31.8 Å². The second kappa shape index (κ2) is 11.9. The van der Waals surface area contributed by atoms with Crippen LogP contribution in [-0.2, 0) is 29.0 Å². The molecular weight excluding hydrogens is 568 g/mol. The van der Waals surface area contributed by atoms with E-state index in [0.29, 0.717) is 3.97 Å². The summed E-state index contributed by atoms with van der Waals surface area (Å²) >= 11 is 0. The number of nitrogens with zero attached hydrogens (tertiary/aromatic N) is 2. The number of rotatable bonds is 9. The Bertz CT molecular complexity index is 1650. The highest BCUT2D eigenvalue weighted by molar-refractivity contribution is 7.91. The lowest BCUT2D eigenvalue weighted by Gasteiger charge is -2.31. The van der Waals surface area contributed by atoms with Crippen LogP contribution in [0, 0.1) is 0 Å². The zero-order chi connectivity index (χ0) is 29.7. The van der Waals surface area contributed by atoms with Crippen LogP contribution in [0.5, 0.6) is 0 Å². The summed E-state index contributed by atoms with van der Waals surface area (Å²) in [6.07, 6.45) is -2.81. The van der Waals surface area contributed by atoms with Crippen LogP contribution in [0.1, 0.15) is 31.1 Å². The Hall–Kier alpha value is -4.85. The van der Waals surface area contributed by atoms with Crippen molar-refractivity contribution in [3.8, 4) is 0 Å². The predicted octanol–water partition coefficient (Wildman–Crippen LogP) is 2.41. The Kier molecular flexibility index (Phi) is 8.15. The third kappa shape index (κ3) is 5.52. The summed E-state index contributed by atoms with van der Waals surface area (Å²) in [5.74, 6) is -2.84. The number of aliphatic hydroxyl groups is 1. The molecule has 12 nitrogen and oxygen atoms in total. The molecule has 1 aromatic heterocycles. The largest absolute Gasteiger partial charge is 0.459 e. The van der Waals surface area contributed by atoms with Gasteiger partial charge in [0, 0.05) is 12.4 Å². The summed E-state index contributed by atoms with van der Waals surface area (Å²) in [5.41, 5.74) is 0.242. The summed E-state index contributed by atoms with van der Waals surface area (Å²) in [4.78, 5) is 39.3. The van der Waals surface area contributed by atoms with Gasteiger partial charge in [0.1, 0.15) is 19.0 Å². The average molecular weight is 593 g/mol. The molecule has 1 aliphatic heterocycles. The Morgan fingerprint density at radius 3 is 1.81 bits per heavy atom. The third-order valence-corrected chi connectivity index (χ3v) is 8.43. The molecule has 1 N–H and O–H groups in total. The summed E-state index contributed by atoms with van der Waals surface area (Å²) in [6, 6.07) is 23.1. The molecule has 3 aromatic carbocycles. The normalized spacial score (nSPS) is 21.8. The van der Waals surface area contributed by atoms with E-state index in [2.05, 4.69) is 4.98 Å². The second-order valence-electron chi connectivity index (χ2n) is 9.08. The smallest absolute Gasteiger partial charge is 0.340 e. The molecule has 4 atom stereocenters. The SMILES string of the molecule is O=C(OC[C@H]1O[C@H](OC(=O)c2ccccc2)[C@@](O)(S(=O)(=O)n2ccnc2)[C@@H]1OC(=O)c1ccccc1)c1ccccc1.